The molecule has 0 saturated carbocycles. The van der Waals surface area contributed by atoms with Gasteiger partial charge in [-0.05, 0) is 31.4 Å². The number of rotatable bonds is 5. The van der Waals surface area contributed by atoms with Crippen molar-refractivity contribution in [1.82, 2.24) is 19.9 Å². The average molecular weight is 484 g/mol. The van der Waals surface area contributed by atoms with Crippen LogP contribution < -0.4 is 15.8 Å². The van der Waals surface area contributed by atoms with E-state index in [0.717, 1.165) is 16.9 Å². The number of thiazole rings is 1. The molecule has 0 radical (unpaired) electrons. The van der Waals surface area contributed by atoms with Crippen molar-refractivity contribution in [2.24, 2.45) is 7.05 Å². The first-order valence-electron chi connectivity index (χ1n) is 10.6. The Kier molecular flexibility index (Phi) is 5.71. The lowest BCUT2D eigenvalue weighted by Crippen LogP contribution is -2.43. The van der Waals surface area contributed by atoms with Crippen LogP contribution in [0.15, 0.2) is 41.2 Å². The predicted octanol–water partition coefficient (Wildman–Crippen LogP) is 3.85. The van der Waals surface area contributed by atoms with Crippen LogP contribution in [0.25, 0.3) is 21.0 Å². The van der Waals surface area contributed by atoms with Gasteiger partial charge in [0.15, 0.2) is 21.3 Å². The van der Waals surface area contributed by atoms with Crippen LogP contribution in [0.4, 0.5) is 9.52 Å². The van der Waals surface area contributed by atoms with Crippen molar-refractivity contribution in [3.63, 3.8) is 0 Å². The van der Waals surface area contributed by atoms with E-state index in [4.69, 9.17) is 0 Å². The van der Waals surface area contributed by atoms with Crippen molar-refractivity contribution in [2.45, 2.75) is 32.4 Å². The predicted molar refractivity (Wildman–Crippen MR) is 129 cm³/mol. The minimum atomic E-state index is -0.390. The molecule has 1 aliphatic rings. The summed E-state index contributed by atoms with van der Waals surface area (Å²) in [7, 11) is 1.58. The van der Waals surface area contributed by atoms with Crippen LogP contribution in [0, 0.1) is 12.7 Å². The van der Waals surface area contributed by atoms with Crippen LogP contribution in [0.3, 0.4) is 0 Å². The van der Waals surface area contributed by atoms with Gasteiger partial charge >= 0.3 is 0 Å². The molecule has 0 bridgehead atoms. The lowest BCUT2D eigenvalue weighted by atomic mass is 10.2. The van der Waals surface area contributed by atoms with Crippen LogP contribution >= 0.6 is 22.7 Å². The lowest BCUT2D eigenvalue weighted by Gasteiger charge is -2.23. The minimum Gasteiger partial charge on any atom is -0.350 e. The molecule has 1 aliphatic heterocycles. The molecule has 0 spiro atoms. The van der Waals surface area contributed by atoms with E-state index in [1.54, 1.807) is 7.05 Å². The van der Waals surface area contributed by atoms with Crippen molar-refractivity contribution in [3.8, 4) is 10.7 Å². The smallest absolute Gasteiger partial charge is 0.281 e. The van der Waals surface area contributed by atoms with Crippen molar-refractivity contribution < 1.29 is 9.18 Å². The fourth-order valence-corrected chi connectivity index (χ4v) is 6.00. The Hall–Kier alpha value is -3.11. The number of hydrogen-bond acceptors (Lipinski definition) is 7. The molecule has 33 heavy (non-hydrogen) atoms. The van der Waals surface area contributed by atoms with Gasteiger partial charge in [0.2, 0.25) is 5.91 Å². The van der Waals surface area contributed by atoms with Gasteiger partial charge in [0.1, 0.15) is 16.7 Å². The molecule has 1 atom stereocenters. The molecule has 170 valence electrons. The molecule has 1 amide bonds. The zero-order valence-corrected chi connectivity index (χ0v) is 19.8. The maximum atomic E-state index is 14.4. The highest BCUT2D eigenvalue weighted by Crippen LogP contribution is 2.34. The number of carbonyl (C=O) groups excluding carboxylic acids is 1. The Morgan fingerprint density at radius 1 is 1.24 bits per heavy atom. The number of fused-ring (bicyclic) bond motifs is 1. The van der Waals surface area contributed by atoms with Gasteiger partial charge in [0.25, 0.3) is 5.56 Å². The molecule has 4 aromatic rings. The Balaban J connectivity index is 1.44. The summed E-state index contributed by atoms with van der Waals surface area (Å²) in [6.45, 7) is 2.95. The quantitative estimate of drug-likeness (QED) is 0.466. The summed E-state index contributed by atoms with van der Waals surface area (Å²) in [5.41, 5.74) is 0.948. The number of amides is 1. The highest BCUT2D eigenvalue weighted by atomic mass is 32.1. The first-order valence-corrected chi connectivity index (χ1v) is 12.3. The van der Waals surface area contributed by atoms with Crippen molar-refractivity contribution in [2.75, 3.05) is 11.4 Å². The van der Waals surface area contributed by atoms with E-state index < -0.39 is 5.82 Å². The molecule has 1 aromatic carbocycles. The zero-order valence-electron chi connectivity index (χ0n) is 18.2. The topological polar surface area (TPSA) is 80.1 Å². The fraction of sp³-hybridized carbons (Fsp3) is 0.304. The number of anilines is 1. The maximum absolute atomic E-state index is 14.4. The number of carbonyl (C=O) groups is 1. The van der Waals surface area contributed by atoms with E-state index in [9.17, 15) is 14.0 Å². The number of benzene rings is 1. The fourth-order valence-electron chi connectivity index (χ4n) is 4.08. The van der Waals surface area contributed by atoms with Gasteiger partial charge in [-0.25, -0.2) is 14.4 Å². The van der Waals surface area contributed by atoms with Crippen LogP contribution in [-0.2, 0) is 18.4 Å². The molecule has 1 unspecified atom stereocenters. The molecule has 3 aromatic heterocycles. The third kappa shape index (κ3) is 4.04. The highest BCUT2D eigenvalue weighted by molar-refractivity contribution is 7.21. The number of thiophene rings is 1. The molecule has 5 rings (SSSR count). The Morgan fingerprint density at radius 2 is 2.03 bits per heavy atom. The number of aromatic nitrogens is 3. The van der Waals surface area contributed by atoms with E-state index in [0.29, 0.717) is 34.3 Å². The van der Waals surface area contributed by atoms with Crippen LogP contribution in [-0.4, -0.2) is 33.0 Å². The molecular weight excluding hydrogens is 461 g/mol. The van der Waals surface area contributed by atoms with Crippen molar-refractivity contribution >= 4 is 44.1 Å². The summed E-state index contributed by atoms with van der Waals surface area (Å²) in [5.74, 6) is -0.163. The summed E-state index contributed by atoms with van der Waals surface area (Å²) in [4.78, 5) is 38.6. The van der Waals surface area contributed by atoms with Gasteiger partial charge in [-0.1, -0.05) is 41.7 Å². The van der Waals surface area contributed by atoms with Gasteiger partial charge in [0, 0.05) is 25.0 Å². The SMILES string of the molecule is Cc1cc(F)c(-c2nc3sc(N4CCCC4C(=O)NCc4ccccc4)nc3c(=O)n2C)s1. The standard InChI is InChI=1S/C23H22FN5O2S2/c1-13-11-15(24)18(32-13)19-27-21-17(22(31)28(19)2)26-23(33-21)29-10-6-9-16(29)20(30)25-12-14-7-4-3-5-8-14/h3-5,7-8,11,16H,6,9-10,12H2,1-2H3,(H,25,30). The van der Waals surface area contributed by atoms with Crippen LogP contribution in [0.5, 0.6) is 0 Å². The Bertz CT molecular complexity index is 1400. The van der Waals surface area contributed by atoms with Gasteiger partial charge in [-0.3, -0.25) is 14.2 Å². The van der Waals surface area contributed by atoms with E-state index in [1.807, 2.05) is 42.2 Å². The lowest BCUT2D eigenvalue weighted by molar-refractivity contribution is -0.122. The van der Waals surface area contributed by atoms with E-state index >= 15 is 0 Å². The summed E-state index contributed by atoms with van der Waals surface area (Å²) < 4.78 is 15.7. The monoisotopic (exact) mass is 483 g/mol. The molecule has 4 heterocycles. The van der Waals surface area contributed by atoms with E-state index in [1.165, 1.54) is 33.3 Å². The molecule has 0 aliphatic carbocycles. The number of nitrogens with one attached hydrogen (secondary N) is 1. The first kappa shape index (κ1) is 21.7. The van der Waals surface area contributed by atoms with Crippen molar-refractivity contribution in [3.05, 3.63) is 63.0 Å². The average Bonchev–Trinajstić information content (AvgIpc) is 3.53. The summed E-state index contributed by atoms with van der Waals surface area (Å²) >= 11 is 2.53. The highest BCUT2D eigenvalue weighted by Gasteiger charge is 2.33. The minimum absolute atomic E-state index is 0.0618. The Labute approximate surface area is 197 Å². The Morgan fingerprint density at radius 3 is 2.76 bits per heavy atom. The third-order valence-corrected chi connectivity index (χ3v) is 7.76. The number of nitrogens with zero attached hydrogens (tertiary/aromatic N) is 4. The molecular formula is C23H22FN5O2S2. The molecule has 1 fully saturated rings. The molecule has 7 nitrogen and oxygen atoms in total. The summed E-state index contributed by atoms with van der Waals surface area (Å²) in [5, 5.41) is 3.60. The van der Waals surface area contributed by atoms with Gasteiger partial charge in [0.05, 0.1) is 0 Å². The van der Waals surface area contributed by atoms with Crippen molar-refractivity contribution in [1.29, 1.82) is 0 Å². The van der Waals surface area contributed by atoms with Gasteiger partial charge < -0.3 is 10.2 Å². The largest absolute Gasteiger partial charge is 0.350 e. The second-order valence-electron chi connectivity index (χ2n) is 8.04. The zero-order chi connectivity index (χ0) is 23.1. The van der Waals surface area contributed by atoms with Crippen LogP contribution in [0.2, 0.25) is 0 Å². The summed E-state index contributed by atoms with van der Waals surface area (Å²) in [6.07, 6.45) is 1.57. The maximum Gasteiger partial charge on any atom is 0.281 e. The first-order chi connectivity index (χ1) is 15.9. The second-order valence-corrected chi connectivity index (χ2v) is 10.3. The van der Waals surface area contributed by atoms with E-state index in [-0.39, 0.29) is 28.8 Å². The second kappa shape index (κ2) is 8.68. The number of halogens is 1. The third-order valence-electron chi connectivity index (χ3n) is 5.75. The van der Waals surface area contributed by atoms with Gasteiger partial charge in [-0.15, -0.1) is 11.3 Å². The van der Waals surface area contributed by atoms with Gasteiger partial charge in [-0.2, -0.15) is 0 Å². The summed E-state index contributed by atoms with van der Waals surface area (Å²) in [6, 6.07) is 10.8. The van der Waals surface area contributed by atoms with E-state index in [2.05, 4.69) is 15.3 Å². The number of aryl methyl sites for hydroxylation is 1. The molecule has 1 saturated heterocycles. The molecule has 10 heteroatoms. The normalized spacial score (nSPS) is 16.0. The van der Waals surface area contributed by atoms with Crippen LogP contribution in [0.1, 0.15) is 23.3 Å². The molecule has 1 N–H and O–H groups in total. The number of hydrogen-bond donors (Lipinski definition) is 1.